The molecule has 0 aromatic heterocycles. The molecule has 4 rings (SSSR count). The van der Waals surface area contributed by atoms with Gasteiger partial charge in [-0.3, -0.25) is 24.2 Å². The lowest BCUT2D eigenvalue weighted by atomic mass is 9.78. The fraction of sp³-hybridized carbons (Fsp3) is 0.464. The zero-order valence-corrected chi connectivity index (χ0v) is 21.8. The third-order valence-electron chi connectivity index (χ3n) is 7.43. The SMILES string of the molecule is Cc1cc([C@H](C)N(Cc2ccc(OCCN3C(=O)CCC3=O)c(C)c2)[C@H]2C[C@@H](C(=O)O)C2)ccc1Cl. The van der Waals surface area contributed by atoms with Gasteiger partial charge in [-0.05, 0) is 68.0 Å². The summed E-state index contributed by atoms with van der Waals surface area (Å²) < 4.78 is 5.88. The Kier molecular flexibility index (Phi) is 8.00. The molecule has 1 saturated heterocycles. The Balaban J connectivity index is 1.45. The molecule has 36 heavy (non-hydrogen) atoms. The van der Waals surface area contributed by atoms with E-state index in [4.69, 9.17) is 16.3 Å². The second-order valence-electron chi connectivity index (χ2n) is 9.90. The molecule has 0 bridgehead atoms. The van der Waals surface area contributed by atoms with Gasteiger partial charge in [-0.2, -0.15) is 0 Å². The minimum Gasteiger partial charge on any atom is -0.491 e. The highest BCUT2D eigenvalue weighted by Crippen LogP contribution is 2.38. The molecule has 0 spiro atoms. The van der Waals surface area contributed by atoms with Crippen LogP contribution < -0.4 is 4.74 Å². The van der Waals surface area contributed by atoms with Crippen LogP contribution in [0.25, 0.3) is 0 Å². The normalized spacial score (nSPS) is 20.5. The molecule has 2 aliphatic rings. The standard InChI is InChI=1S/C28H33ClN2O5/c1-17-13-21(5-6-24(17)29)19(3)31(23-14-22(15-23)28(34)35)16-20-4-7-25(18(2)12-20)36-11-10-30-26(32)8-9-27(30)33/h4-7,12-13,19,22-23H,8-11,14-16H2,1-3H3,(H,34,35)/t19-,22-,23+/m0/s1. The Hall–Kier alpha value is -2.90. The first-order valence-corrected chi connectivity index (χ1v) is 12.8. The van der Waals surface area contributed by atoms with Crippen LogP contribution in [0.1, 0.15) is 60.9 Å². The van der Waals surface area contributed by atoms with Gasteiger partial charge in [-0.25, -0.2) is 0 Å². The van der Waals surface area contributed by atoms with Crippen LogP contribution >= 0.6 is 11.6 Å². The Morgan fingerprint density at radius 2 is 1.81 bits per heavy atom. The molecular weight excluding hydrogens is 480 g/mol. The Morgan fingerprint density at radius 1 is 1.11 bits per heavy atom. The van der Waals surface area contributed by atoms with Gasteiger partial charge in [0.2, 0.25) is 11.8 Å². The minimum absolute atomic E-state index is 0.0903. The third-order valence-corrected chi connectivity index (χ3v) is 7.85. The monoisotopic (exact) mass is 512 g/mol. The van der Waals surface area contributed by atoms with Crippen LogP contribution in [0.15, 0.2) is 36.4 Å². The molecule has 2 aromatic rings. The molecular formula is C28H33ClN2O5. The molecule has 2 fully saturated rings. The van der Waals surface area contributed by atoms with Crippen LogP contribution in [-0.2, 0) is 20.9 Å². The molecule has 7 nitrogen and oxygen atoms in total. The van der Waals surface area contributed by atoms with Gasteiger partial charge in [-0.1, -0.05) is 35.9 Å². The van der Waals surface area contributed by atoms with E-state index in [1.807, 2.05) is 38.1 Å². The highest BCUT2D eigenvalue weighted by molar-refractivity contribution is 6.31. The number of benzene rings is 2. The van der Waals surface area contributed by atoms with Crippen molar-refractivity contribution in [2.45, 2.75) is 65.1 Å². The van der Waals surface area contributed by atoms with E-state index in [0.717, 1.165) is 33.0 Å². The topological polar surface area (TPSA) is 87.2 Å². The number of hydrogen-bond donors (Lipinski definition) is 1. The lowest BCUT2D eigenvalue weighted by Gasteiger charge is -2.44. The molecule has 1 heterocycles. The van der Waals surface area contributed by atoms with Gasteiger partial charge in [-0.15, -0.1) is 0 Å². The number of likely N-dealkylation sites (tertiary alicyclic amines) is 1. The molecule has 1 aliphatic carbocycles. The molecule has 192 valence electrons. The highest BCUT2D eigenvalue weighted by atomic mass is 35.5. The summed E-state index contributed by atoms with van der Waals surface area (Å²) in [5, 5.41) is 10.1. The fourth-order valence-electron chi connectivity index (χ4n) is 5.06. The minimum atomic E-state index is -0.726. The van der Waals surface area contributed by atoms with Gasteiger partial charge in [0.1, 0.15) is 12.4 Å². The van der Waals surface area contributed by atoms with Crippen LogP contribution in [0.4, 0.5) is 0 Å². The summed E-state index contributed by atoms with van der Waals surface area (Å²) in [5.41, 5.74) is 4.26. The summed E-state index contributed by atoms with van der Waals surface area (Å²) in [6, 6.07) is 12.4. The largest absolute Gasteiger partial charge is 0.491 e. The van der Waals surface area contributed by atoms with Gasteiger partial charge in [0.05, 0.1) is 12.5 Å². The number of amides is 2. The molecule has 0 unspecified atom stereocenters. The number of ether oxygens (including phenoxy) is 1. The zero-order valence-electron chi connectivity index (χ0n) is 21.0. The van der Waals surface area contributed by atoms with Crippen molar-refractivity contribution in [2.75, 3.05) is 13.2 Å². The first kappa shape index (κ1) is 26.2. The van der Waals surface area contributed by atoms with E-state index in [2.05, 4.69) is 24.0 Å². The van der Waals surface area contributed by atoms with Crippen molar-refractivity contribution in [1.29, 1.82) is 0 Å². The van der Waals surface area contributed by atoms with Crippen molar-refractivity contribution in [2.24, 2.45) is 5.92 Å². The van der Waals surface area contributed by atoms with Gasteiger partial charge >= 0.3 is 5.97 Å². The Bertz CT molecular complexity index is 1140. The summed E-state index contributed by atoms with van der Waals surface area (Å²) in [6.07, 6.45) is 1.84. The quantitative estimate of drug-likeness (QED) is 0.455. The van der Waals surface area contributed by atoms with E-state index < -0.39 is 5.97 Å². The van der Waals surface area contributed by atoms with E-state index >= 15 is 0 Å². The van der Waals surface area contributed by atoms with Crippen LogP contribution in [0.3, 0.4) is 0 Å². The molecule has 2 aromatic carbocycles. The van der Waals surface area contributed by atoms with Crippen molar-refractivity contribution in [1.82, 2.24) is 9.80 Å². The predicted octanol–water partition coefficient (Wildman–Crippen LogP) is 4.91. The molecule has 8 heteroatoms. The van der Waals surface area contributed by atoms with Crippen molar-refractivity contribution < 1.29 is 24.2 Å². The molecule has 1 atom stereocenters. The van der Waals surface area contributed by atoms with E-state index in [0.29, 0.717) is 19.4 Å². The first-order chi connectivity index (χ1) is 17.1. The number of carboxylic acids is 1. The summed E-state index contributed by atoms with van der Waals surface area (Å²) in [7, 11) is 0. The second kappa shape index (κ2) is 11.0. The average Bonchev–Trinajstić information content (AvgIpc) is 3.12. The number of hydrogen-bond acceptors (Lipinski definition) is 5. The van der Waals surface area contributed by atoms with Crippen LogP contribution in [0.2, 0.25) is 5.02 Å². The van der Waals surface area contributed by atoms with E-state index in [9.17, 15) is 19.5 Å². The van der Waals surface area contributed by atoms with E-state index in [1.54, 1.807) is 0 Å². The van der Waals surface area contributed by atoms with Crippen molar-refractivity contribution in [3.05, 3.63) is 63.7 Å². The maximum absolute atomic E-state index is 11.8. The van der Waals surface area contributed by atoms with Gasteiger partial charge in [0, 0.05) is 36.5 Å². The predicted molar refractivity (Wildman–Crippen MR) is 137 cm³/mol. The number of halogens is 1. The molecule has 0 radical (unpaired) electrons. The van der Waals surface area contributed by atoms with Gasteiger partial charge < -0.3 is 9.84 Å². The smallest absolute Gasteiger partial charge is 0.306 e. The highest BCUT2D eigenvalue weighted by Gasteiger charge is 2.39. The zero-order chi connectivity index (χ0) is 26.0. The Morgan fingerprint density at radius 3 is 2.42 bits per heavy atom. The summed E-state index contributed by atoms with van der Waals surface area (Å²) in [4.78, 5) is 38.6. The second-order valence-corrected chi connectivity index (χ2v) is 10.3. The lowest BCUT2D eigenvalue weighted by Crippen LogP contribution is -2.47. The number of nitrogens with zero attached hydrogens (tertiary/aromatic N) is 2. The summed E-state index contributed by atoms with van der Waals surface area (Å²) in [6.45, 7) is 7.32. The summed E-state index contributed by atoms with van der Waals surface area (Å²) >= 11 is 6.24. The van der Waals surface area contributed by atoms with Crippen molar-refractivity contribution in [3.8, 4) is 5.75 Å². The molecule has 1 N–H and O–H groups in total. The van der Waals surface area contributed by atoms with Gasteiger partial charge in [0.15, 0.2) is 0 Å². The number of carboxylic acid groups (broad SMARTS) is 1. The van der Waals surface area contributed by atoms with E-state index in [1.165, 1.54) is 4.90 Å². The maximum atomic E-state index is 11.8. The molecule has 2 amide bonds. The molecule has 1 aliphatic heterocycles. The average molecular weight is 513 g/mol. The fourth-order valence-corrected chi connectivity index (χ4v) is 5.18. The number of carbonyl (C=O) groups excluding carboxylic acids is 2. The number of aryl methyl sites for hydroxylation is 2. The first-order valence-electron chi connectivity index (χ1n) is 12.4. The van der Waals surface area contributed by atoms with E-state index in [-0.39, 0.29) is 55.8 Å². The number of aliphatic carboxylic acids is 1. The number of rotatable bonds is 10. The lowest BCUT2D eigenvalue weighted by molar-refractivity contribution is -0.147. The number of carbonyl (C=O) groups is 3. The third kappa shape index (κ3) is 5.73. The molecule has 1 saturated carbocycles. The Labute approximate surface area is 217 Å². The van der Waals surface area contributed by atoms with Crippen LogP contribution in [-0.4, -0.2) is 51.9 Å². The summed E-state index contributed by atoms with van der Waals surface area (Å²) in [5.74, 6) is -0.566. The van der Waals surface area contributed by atoms with Crippen LogP contribution in [0.5, 0.6) is 5.75 Å². The van der Waals surface area contributed by atoms with Crippen molar-refractivity contribution >= 4 is 29.4 Å². The number of imide groups is 1. The van der Waals surface area contributed by atoms with Crippen molar-refractivity contribution in [3.63, 3.8) is 0 Å². The van der Waals surface area contributed by atoms with Crippen LogP contribution in [0, 0.1) is 19.8 Å². The maximum Gasteiger partial charge on any atom is 0.306 e. The van der Waals surface area contributed by atoms with Gasteiger partial charge in [0.25, 0.3) is 0 Å².